The number of fused-ring (bicyclic) bond motifs is 2. The van der Waals surface area contributed by atoms with Crippen molar-refractivity contribution < 1.29 is 33.9 Å². The van der Waals surface area contributed by atoms with Gasteiger partial charge in [0.05, 0.1) is 13.0 Å². The smallest absolute Gasteiger partial charge is 0.305 e. The van der Waals surface area contributed by atoms with Gasteiger partial charge in [0.15, 0.2) is 5.96 Å². The van der Waals surface area contributed by atoms with Gasteiger partial charge in [-0.15, -0.1) is 0 Å². The van der Waals surface area contributed by atoms with E-state index in [4.69, 9.17) is 17.2 Å². The van der Waals surface area contributed by atoms with Crippen molar-refractivity contribution in [3.05, 3.63) is 29.8 Å². The topological polar surface area (TPSA) is 273 Å². The first-order valence-electron chi connectivity index (χ1n) is 13.8. The Bertz CT molecular complexity index is 1210. The first-order chi connectivity index (χ1) is 20.9. The van der Waals surface area contributed by atoms with Crippen LogP contribution >= 0.6 is 21.6 Å². The summed E-state index contributed by atoms with van der Waals surface area (Å²) in [6.45, 7) is 0.412. The minimum atomic E-state index is -1.42. The fourth-order valence-corrected chi connectivity index (χ4v) is 6.11. The fourth-order valence-electron chi connectivity index (χ4n) is 3.94. The Balaban J connectivity index is 2.20. The van der Waals surface area contributed by atoms with Gasteiger partial charge in [-0.05, 0) is 37.5 Å². The van der Waals surface area contributed by atoms with E-state index >= 15 is 0 Å². The van der Waals surface area contributed by atoms with E-state index in [1.807, 2.05) is 0 Å². The number of unbranched alkanes of at least 4 members (excludes halogenated alkanes) is 1. The molecule has 0 fully saturated rings. The Morgan fingerprint density at radius 2 is 1.77 bits per heavy atom. The molecule has 44 heavy (non-hydrogen) atoms. The lowest BCUT2D eigenvalue weighted by molar-refractivity contribution is -0.139. The van der Waals surface area contributed by atoms with Crippen LogP contribution in [0.4, 0.5) is 5.69 Å². The van der Waals surface area contributed by atoms with E-state index in [9.17, 15) is 33.9 Å². The number of guanidine groups is 1. The zero-order valence-corrected chi connectivity index (χ0v) is 25.6. The summed E-state index contributed by atoms with van der Waals surface area (Å²) in [5.41, 5.74) is 16.5. The SMILES string of the molecule is NC(=O)C1CSSCCC(=O)NC(CCCCN=C(N)N)CNCC(=O)NC(CC(=O)O)C(=O)Nc2cccc(c2)C(=O)N1. The van der Waals surface area contributed by atoms with Crippen LogP contribution < -0.4 is 43.8 Å². The minimum absolute atomic E-state index is 0.0111. The number of anilines is 1. The number of nitrogens with one attached hydrogen (secondary N) is 5. The summed E-state index contributed by atoms with van der Waals surface area (Å²) in [6.07, 6.45) is 1.40. The Morgan fingerprint density at radius 1 is 1.00 bits per heavy atom. The van der Waals surface area contributed by atoms with Crippen molar-refractivity contribution in [3.8, 4) is 0 Å². The second-order valence-electron chi connectivity index (χ2n) is 9.77. The highest BCUT2D eigenvalue weighted by Crippen LogP contribution is 2.23. The van der Waals surface area contributed by atoms with Gasteiger partial charge >= 0.3 is 5.97 Å². The first kappa shape index (κ1) is 36.2. The van der Waals surface area contributed by atoms with Crippen LogP contribution in [-0.2, 0) is 24.0 Å². The molecule has 1 heterocycles. The number of carboxylic acid groups (broad SMARTS) is 1. The fraction of sp³-hybridized carbons (Fsp3) is 0.500. The van der Waals surface area contributed by atoms with Crippen molar-refractivity contribution in [3.63, 3.8) is 0 Å². The van der Waals surface area contributed by atoms with Gasteiger partial charge in [-0.3, -0.25) is 33.8 Å². The van der Waals surface area contributed by atoms with Crippen molar-refractivity contribution in [1.29, 1.82) is 0 Å². The van der Waals surface area contributed by atoms with Gasteiger partial charge < -0.3 is 48.9 Å². The van der Waals surface area contributed by atoms with Crippen LogP contribution in [0.3, 0.4) is 0 Å². The van der Waals surface area contributed by atoms with Crippen molar-refractivity contribution >= 4 is 68.7 Å². The third-order valence-electron chi connectivity index (χ3n) is 6.10. The quantitative estimate of drug-likeness (QED) is 0.0669. The van der Waals surface area contributed by atoms with Gasteiger partial charge in [-0.1, -0.05) is 27.7 Å². The largest absolute Gasteiger partial charge is 0.481 e. The lowest BCUT2D eigenvalue weighted by Crippen LogP contribution is -2.49. The molecule has 1 aromatic carbocycles. The number of hydrogen-bond acceptors (Lipinski definition) is 10. The maximum absolute atomic E-state index is 12.9. The summed E-state index contributed by atoms with van der Waals surface area (Å²) >= 11 is 0. The average Bonchev–Trinajstić information content (AvgIpc) is 2.94. The van der Waals surface area contributed by atoms with E-state index in [2.05, 4.69) is 31.6 Å². The number of aliphatic imine (C=N–C) groups is 1. The highest BCUT2D eigenvalue weighted by atomic mass is 33.1. The number of nitrogens with two attached hydrogens (primary N) is 3. The monoisotopic (exact) mass is 653 g/mol. The van der Waals surface area contributed by atoms with Crippen LogP contribution in [0.5, 0.6) is 0 Å². The Hall–Kier alpha value is -4.03. The highest BCUT2D eigenvalue weighted by Gasteiger charge is 2.25. The van der Waals surface area contributed by atoms with E-state index in [1.165, 1.54) is 45.9 Å². The lowest BCUT2D eigenvalue weighted by atomic mass is 10.1. The summed E-state index contributed by atoms with van der Waals surface area (Å²) in [5, 5.41) is 22.7. The molecular weight excluding hydrogens is 614 g/mol. The molecule has 0 saturated carbocycles. The summed E-state index contributed by atoms with van der Waals surface area (Å²) in [6, 6.07) is 3.01. The van der Waals surface area contributed by atoms with Crippen LogP contribution in [0.2, 0.25) is 0 Å². The van der Waals surface area contributed by atoms with E-state index in [1.54, 1.807) is 0 Å². The van der Waals surface area contributed by atoms with Gasteiger partial charge in [0.2, 0.25) is 23.6 Å². The Kier molecular flexibility index (Phi) is 15.9. The average molecular weight is 654 g/mol. The standard InChI is InChI=1S/C26H39N9O7S2/c27-23(40)19-14-44-43-9-7-20(36)32-17(5-1-2-8-31-26(28)29)12-30-13-21(37)34-18(11-22(38)39)25(42)33-16-6-3-4-15(10-16)24(41)35-19/h3-4,6,10,17-19,30H,1-2,5,7-9,11-14H2,(H2,27,40)(H,32,36)(H,33,42)(H,34,37)(H,35,41)(H,38,39)(H4,28,29,31). The first-order valence-corrected chi connectivity index (χ1v) is 16.3. The van der Waals surface area contributed by atoms with E-state index in [0.29, 0.717) is 31.6 Å². The predicted molar refractivity (Wildman–Crippen MR) is 169 cm³/mol. The Labute approximate surface area is 262 Å². The maximum atomic E-state index is 12.9. The lowest BCUT2D eigenvalue weighted by Gasteiger charge is -2.21. The van der Waals surface area contributed by atoms with Crippen molar-refractivity contribution in [2.75, 3.05) is 36.5 Å². The summed E-state index contributed by atoms with van der Waals surface area (Å²) in [7, 11) is 2.63. The molecule has 0 saturated heterocycles. The molecular formula is C26H39N9O7S2. The van der Waals surface area contributed by atoms with Crippen LogP contribution in [0.15, 0.2) is 29.3 Å². The maximum Gasteiger partial charge on any atom is 0.305 e. The van der Waals surface area contributed by atoms with E-state index < -0.39 is 48.1 Å². The van der Waals surface area contributed by atoms with Gasteiger partial charge in [-0.25, -0.2) is 0 Å². The van der Waals surface area contributed by atoms with E-state index in [-0.39, 0.29) is 54.4 Å². The molecule has 12 N–H and O–H groups in total. The third kappa shape index (κ3) is 14.4. The van der Waals surface area contributed by atoms with Crippen LogP contribution in [0.1, 0.15) is 42.5 Å². The molecule has 0 spiro atoms. The number of amides is 5. The van der Waals surface area contributed by atoms with Crippen molar-refractivity contribution in [2.24, 2.45) is 22.2 Å². The molecule has 1 aliphatic rings. The van der Waals surface area contributed by atoms with Crippen molar-refractivity contribution in [2.45, 2.75) is 50.2 Å². The Morgan fingerprint density at radius 3 is 2.48 bits per heavy atom. The molecule has 3 unspecified atom stereocenters. The number of carbonyl (C=O) groups excluding carboxylic acids is 5. The molecule has 1 aromatic rings. The van der Waals surface area contributed by atoms with Gasteiger partial charge in [0, 0.05) is 48.3 Å². The number of benzene rings is 1. The summed E-state index contributed by atoms with van der Waals surface area (Å²) in [4.78, 5) is 78.4. The van der Waals surface area contributed by atoms with Crippen LogP contribution in [0.25, 0.3) is 0 Å². The molecule has 18 heteroatoms. The molecule has 2 bridgehead atoms. The zero-order chi connectivity index (χ0) is 32.5. The number of hydrogen-bond donors (Lipinski definition) is 9. The second-order valence-corrected chi connectivity index (χ2v) is 12.4. The van der Waals surface area contributed by atoms with Gasteiger partial charge in [0.25, 0.3) is 5.91 Å². The number of rotatable bonds is 8. The molecule has 3 atom stereocenters. The van der Waals surface area contributed by atoms with Crippen molar-refractivity contribution in [1.82, 2.24) is 21.3 Å². The van der Waals surface area contributed by atoms with Gasteiger partial charge in [-0.2, -0.15) is 0 Å². The molecule has 2 rings (SSSR count). The van der Waals surface area contributed by atoms with Crippen LogP contribution in [0, 0.1) is 0 Å². The summed E-state index contributed by atoms with van der Waals surface area (Å²) < 4.78 is 0. The van der Waals surface area contributed by atoms with E-state index in [0.717, 1.165) is 0 Å². The second kappa shape index (κ2) is 19.3. The third-order valence-corrected chi connectivity index (χ3v) is 8.51. The van der Waals surface area contributed by atoms with Gasteiger partial charge in [0.1, 0.15) is 12.1 Å². The molecule has 16 nitrogen and oxygen atoms in total. The normalized spacial score (nSPS) is 21.2. The summed E-state index contributed by atoms with van der Waals surface area (Å²) in [5.74, 6) is -3.78. The molecule has 0 aromatic heterocycles. The molecule has 5 amide bonds. The number of carboxylic acids is 1. The number of carbonyl (C=O) groups is 6. The number of aliphatic carboxylic acids is 1. The molecule has 0 aliphatic carbocycles. The van der Waals surface area contributed by atoms with Crippen LogP contribution in [-0.4, -0.2) is 95.8 Å². The highest BCUT2D eigenvalue weighted by molar-refractivity contribution is 8.76. The minimum Gasteiger partial charge on any atom is -0.481 e. The number of primary amides is 1. The molecule has 1 aliphatic heterocycles. The number of nitrogens with zero attached hydrogens (tertiary/aromatic N) is 1. The molecule has 242 valence electrons. The predicted octanol–water partition coefficient (Wildman–Crippen LogP) is -1.53. The zero-order valence-electron chi connectivity index (χ0n) is 24.0. The molecule has 0 radical (unpaired) electrons.